The molecule has 0 saturated carbocycles. The van der Waals surface area contributed by atoms with Gasteiger partial charge in [-0.1, -0.05) is 13.3 Å². The van der Waals surface area contributed by atoms with Crippen LogP contribution < -0.4 is 4.90 Å². The van der Waals surface area contributed by atoms with Crippen LogP contribution in [-0.4, -0.2) is 69.7 Å². The Balaban J connectivity index is 1.93. The van der Waals surface area contributed by atoms with Crippen LogP contribution in [0, 0.1) is 0 Å². The Kier molecular flexibility index (Phi) is 5.34. The maximum absolute atomic E-state index is 12.8. The summed E-state index contributed by atoms with van der Waals surface area (Å²) in [5.41, 5.74) is 1.02. The molecular formula is C18H26N4O3S. The zero-order chi connectivity index (χ0) is 18.9. The summed E-state index contributed by atoms with van der Waals surface area (Å²) in [5.74, 6) is 0.353. The molecule has 142 valence electrons. The molecule has 7 nitrogen and oxygen atoms in total. The Hall–Kier alpha value is -1.93. The molecule has 1 fully saturated rings. The SMILES string of the molecule is CCCCN1C(C)=NS(=O)(=O)c2cc(C(=O)N3CCN(C)CC3)ccc21. The molecule has 0 atom stereocenters. The van der Waals surface area contributed by atoms with E-state index in [4.69, 9.17) is 0 Å². The van der Waals surface area contributed by atoms with Crippen molar-refractivity contribution in [2.45, 2.75) is 31.6 Å². The van der Waals surface area contributed by atoms with Crippen molar-refractivity contribution in [2.75, 3.05) is 44.7 Å². The van der Waals surface area contributed by atoms with Crippen LogP contribution in [0.1, 0.15) is 37.0 Å². The predicted molar refractivity (Wildman–Crippen MR) is 102 cm³/mol. The molecule has 8 heteroatoms. The van der Waals surface area contributed by atoms with E-state index in [0.29, 0.717) is 36.7 Å². The fraction of sp³-hybridized carbons (Fsp3) is 0.556. The Bertz CT molecular complexity index is 827. The molecule has 2 heterocycles. The van der Waals surface area contributed by atoms with E-state index in [2.05, 4.69) is 16.2 Å². The van der Waals surface area contributed by atoms with Gasteiger partial charge in [-0.05, 0) is 38.6 Å². The number of rotatable bonds is 4. The third-order valence-electron chi connectivity index (χ3n) is 4.94. The normalized spacial score (nSPS) is 19.9. The lowest BCUT2D eigenvalue weighted by Gasteiger charge is -2.33. The van der Waals surface area contributed by atoms with Crippen molar-refractivity contribution in [1.82, 2.24) is 9.80 Å². The fourth-order valence-corrected chi connectivity index (χ4v) is 4.58. The number of sulfonamides is 1. The van der Waals surface area contributed by atoms with Crippen LogP contribution in [0.3, 0.4) is 0 Å². The van der Waals surface area contributed by atoms with Gasteiger partial charge >= 0.3 is 0 Å². The second-order valence-electron chi connectivity index (χ2n) is 6.90. The molecule has 0 aromatic heterocycles. The van der Waals surface area contributed by atoms with Gasteiger partial charge in [0.05, 0.1) is 5.69 Å². The van der Waals surface area contributed by atoms with E-state index >= 15 is 0 Å². The second-order valence-corrected chi connectivity index (χ2v) is 8.47. The monoisotopic (exact) mass is 378 g/mol. The highest BCUT2D eigenvalue weighted by molar-refractivity contribution is 7.90. The third-order valence-corrected chi connectivity index (χ3v) is 6.33. The summed E-state index contributed by atoms with van der Waals surface area (Å²) in [6, 6.07) is 4.96. The first-order valence-corrected chi connectivity index (χ1v) is 10.5. The Morgan fingerprint density at radius 1 is 1.19 bits per heavy atom. The molecule has 1 saturated heterocycles. The largest absolute Gasteiger partial charge is 0.336 e. The Morgan fingerprint density at radius 2 is 1.88 bits per heavy atom. The number of hydrogen-bond donors (Lipinski definition) is 0. The van der Waals surface area contributed by atoms with E-state index in [1.807, 2.05) is 11.9 Å². The number of carbonyl (C=O) groups excluding carboxylic acids is 1. The number of hydrogen-bond acceptors (Lipinski definition) is 5. The van der Waals surface area contributed by atoms with Crippen molar-refractivity contribution in [3.05, 3.63) is 23.8 Å². The summed E-state index contributed by atoms with van der Waals surface area (Å²) < 4.78 is 29.0. The maximum Gasteiger partial charge on any atom is 0.286 e. The van der Waals surface area contributed by atoms with Crippen molar-refractivity contribution in [3.63, 3.8) is 0 Å². The van der Waals surface area contributed by atoms with Gasteiger partial charge in [0.1, 0.15) is 10.7 Å². The summed E-state index contributed by atoms with van der Waals surface area (Å²) in [5, 5.41) is 0. The van der Waals surface area contributed by atoms with Gasteiger partial charge in [0, 0.05) is 38.3 Å². The molecule has 2 aliphatic rings. The van der Waals surface area contributed by atoms with Gasteiger partial charge in [0.15, 0.2) is 0 Å². The van der Waals surface area contributed by atoms with Gasteiger partial charge in [-0.25, -0.2) is 0 Å². The van der Waals surface area contributed by atoms with Crippen LogP contribution >= 0.6 is 0 Å². The van der Waals surface area contributed by atoms with E-state index in [0.717, 1.165) is 25.9 Å². The van der Waals surface area contributed by atoms with Crippen molar-refractivity contribution >= 4 is 27.5 Å². The van der Waals surface area contributed by atoms with Crippen LogP contribution in [-0.2, 0) is 10.0 Å². The van der Waals surface area contributed by atoms with Crippen molar-refractivity contribution in [2.24, 2.45) is 4.40 Å². The van der Waals surface area contributed by atoms with Gasteiger partial charge in [-0.15, -0.1) is 4.40 Å². The number of piperazine rings is 1. The molecule has 0 bridgehead atoms. The standard InChI is InChI=1S/C18H26N4O3S/c1-4-5-8-22-14(2)19-26(24,25)17-13-15(6-7-16(17)22)18(23)21-11-9-20(3)10-12-21/h6-7,13H,4-5,8-12H2,1-3H3. The number of benzene rings is 1. The zero-order valence-electron chi connectivity index (χ0n) is 15.6. The maximum atomic E-state index is 12.8. The molecule has 1 aromatic carbocycles. The first kappa shape index (κ1) is 18.8. The summed E-state index contributed by atoms with van der Waals surface area (Å²) >= 11 is 0. The number of unbranched alkanes of at least 4 members (excludes halogenated alkanes) is 1. The predicted octanol–water partition coefficient (Wildman–Crippen LogP) is 1.80. The molecule has 2 aliphatic heterocycles. The molecule has 1 amide bonds. The molecular weight excluding hydrogens is 352 g/mol. The van der Waals surface area contributed by atoms with E-state index in [1.54, 1.807) is 24.0 Å². The molecule has 3 rings (SSSR count). The van der Waals surface area contributed by atoms with Gasteiger partial charge in [-0.2, -0.15) is 8.42 Å². The lowest BCUT2D eigenvalue weighted by Crippen LogP contribution is -2.47. The number of nitrogens with zero attached hydrogens (tertiary/aromatic N) is 4. The number of amides is 1. The third kappa shape index (κ3) is 3.61. The van der Waals surface area contributed by atoms with E-state index in [9.17, 15) is 13.2 Å². The Morgan fingerprint density at radius 3 is 2.54 bits per heavy atom. The summed E-state index contributed by atoms with van der Waals surface area (Å²) in [4.78, 5) is 18.8. The number of likely N-dealkylation sites (N-methyl/N-ethyl adjacent to an activating group) is 1. The first-order chi connectivity index (χ1) is 12.3. The smallest absolute Gasteiger partial charge is 0.286 e. The van der Waals surface area contributed by atoms with E-state index in [1.165, 1.54) is 6.07 Å². The van der Waals surface area contributed by atoms with Gasteiger partial charge < -0.3 is 14.7 Å². The number of fused-ring (bicyclic) bond motifs is 1. The minimum absolute atomic E-state index is 0.123. The van der Waals surface area contributed by atoms with Gasteiger partial charge in [-0.3, -0.25) is 4.79 Å². The van der Waals surface area contributed by atoms with E-state index in [-0.39, 0.29) is 10.8 Å². The number of carbonyl (C=O) groups is 1. The molecule has 0 N–H and O–H groups in total. The Labute approximate surface area is 155 Å². The van der Waals surface area contributed by atoms with Gasteiger partial charge in [0.25, 0.3) is 15.9 Å². The average Bonchev–Trinajstić information content (AvgIpc) is 2.61. The van der Waals surface area contributed by atoms with Crippen LogP contribution in [0.15, 0.2) is 27.5 Å². The molecule has 0 aliphatic carbocycles. The average molecular weight is 378 g/mol. The molecule has 26 heavy (non-hydrogen) atoms. The van der Waals surface area contributed by atoms with Crippen LogP contribution in [0.5, 0.6) is 0 Å². The number of amidine groups is 1. The second kappa shape index (κ2) is 7.36. The fourth-order valence-electron chi connectivity index (χ4n) is 3.31. The minimum atomic E-state index is -3.78. The van der Waals surface area contributed by atoms with Crippen molar-refractivity contribution in [3.8, 4) is 0 Å². The minimum Gasteiger partial charge on any atom is -0.336 e. The highest BCUT2D eigenvalue weighted by atomic mass is 32.2. The molecule has 1 aromatic rings. The lowest BCUT2D eigenvalue weighted by atomic mass is 10.1. The lowest BCUT2D eigenvalue weighted by molar-refractivity contribution is 0.0664. The first-order valence-electron chi connectivity index (χ1n) is 9.04. The van der Waals surface area contributed by atoms with Crippen molar-refractivity contribution < 1.29 is 13.2 Å². The van der Waals surface area contributed by atoms with Crippen LogP contribution in [0.4, 0.5) is 5.69 Å². The molecule has 0 spiro atoms. The van der Waals surface area contributed by atoms with Gasteiger partial charge in [0.2, 0.25) is 0 Å². The molecule has 0 unspecified atom stereocenters. The summed E-state index contributed by atoms with van der Waals surface area (Å²) in [7, 11) is -1.75. The van der Waals surface area contributed by atoms with Crippen LogP contribution in [0.25, 0.3) is 0 Å². The van der Waals surface area contributed by atoms with Crippen molar-refractivity contribution in [1.29, 1.82) is 0 Å². The molecule has 0 radical (unpaired) electrons. The summed E-state index contributed by atoms with van der Waals surface area (Å²) in [6.45, 7) is 7.45. The number of anilines is 1. The highest BCUT2D eigenvalue weighted by Crippen LogP contribution is 2.33. The summed E-state index contributed by atoms with van der Waals surface area (Å²) in [6.07, 6.45) is 1.94. The highest BCUT2D eigenvalue weighted by Gasteiger charge is 2.30. The quantitative estimate of drug-likeness (QED) is 0.799. The zero-order valence-corrected chi connectivity index (χ0v) is 16.4. The van der Waals surface area contributed by atoms with E-state index < -0.39 is 10.0 Å². The van der Waals surface area contributed by atoms with Crippen LogP contribution in [0.2, 0.25) is 0 Å². The topological polar surface area (TPSA) is 73.3 Å².